The van der Waals surface area contributed by atoms with Crippen LogP contribution in [-0.2, 0) is 0 Å². The second-order valence-electron chi connectivity index (χ2n) is 5.12. The molecule has 2 rings (SSSR count). The Bertz CT molecular complexity index is 536. The molecule has 1 aromatic rings. The maximum absolute atomic E-state index is 12.2. The lowest BCUT2D eigenvalue weighted by Crippen LogP contribution is -2.41. The van der Waals surface area contributed by atoms with E-state index in [0.717, 1.165) is 31.9 Å². The van der Waals surface area contributed by atoms with Gasteiger partial charge < -0.3 is 5.32 Å². The molecule has 0 radical (unpaired) electrons. The predicted molar refractivity (Wildman–Crippen MR) is 74.8 cm³/mol. The lowest BCUT2D eigenvalue weighted by Gasteiger charge is -2.29. The van der Waals surface area contributed by atoms with Gasteiger partial charge in [0.1, 0.15) is 16.9 Å². The second-order valence-corrected chi connectivity index (χ2v) is 5.51. The van der Waals surface area contributed by atoms with Crippen molar-refractivity contribution in [3.8, 4) is 0 Å². The average molecular weight is 298 g/mol. The second kappa shape index (κ2) is 6.17. The number of amides is 1. The summed E-state index contributed by atoms with van der Waals surface area (Å²) in [5.74, 6) is -0.0798. The van der Waals surface area contributed by atoms with E-state index >= 15 is 0 Å². The molecular formula is C13H16ClN3O3. The SMILES string of the molecule is CC1CCCCC1NC(=O)c1cc(Cl)ncc1[N+](=O)[O-]. The van der Waals surface area contributed by atoms with Gasteiger partial charge in [-0.1, -0.05) is 31.4 Å². The molecule has 1 N–H and O–H groups in total. The molecule has 0 saturated heterocycles. The molecule has 0 aliphatic heterocycles. The fraction of sp³-hybridized carbons (Fsp3) is 0.538. The van der Waals surface area contributed by atoms with Crippen LogP contribution in [0.4, 0.5) is 5.69 Å². The zero-order chi connectivity index (χ0) is 14.7. The smallest absolute Gasteiger partial charge is 0.300 e. The summed E-state index contributed by atoms with van der Waals surface area (Å²) in [5, 5.41) is 13.9. The number of carbonyl (C=O) groups is 1. The molecule has 1 fully saturated rings. The summed E-state index contributed by atoms with van der Waals surface area (Å²) in [4.78, 5) is 26.2. The molecule has 1 saturated carbocycles. The Kier molecular flexibility index (Phi) is 4.54. The van der Waals surface area contributed by atoms with Crippen molar-refractivity contribution in [2.45, 2.75) is 38.6 Å². The summed E-state index contributed by atoms with van der Waals surface area (Å²) in [7, 11) is 0. The van der Waals surface area contributed by atoms with Gasteiger partial charge in [-0.25, -0.2) is 4.98 Å². The first kappa shape index (κ1) is 14.7. The van der Waals surface area contributed by atoms with E-state index in [1.165, 1.54) is 6.07 Å². The van der Waals surface area contributed by atoms with Gasteiger partial charge in [-0.3, -0.25) is 14.9 Å². The molecule has 0 aromatic carbocycles. The Morgan fingerprint density at radius 1 is 1.50 bits per heavy atom. The van der Waals surface area contributed by atoms with Gasteiger partial charge in [0.05, 0.1) is 4.92 Å². The number of rotatable bonds is 3. The molecule has 2 unspecified atom stereocenters. The van der Waals surface area contributed by atoms with Crippen LogP contribution in [0.2, 0.25) is 5.15 Å². The van der Waals surface area contributed by atoms with Gasteiger partial charge in [-0.05, 0) is 24.8 Å². The van der Waals surface area contributed by atoms with Crippen LogP contribution in [-0.4, -0.2) is 21.9 Å². The topological polar surface area (TPSA) is 85.1 Å². The molecule has 2 atom stereocenters. The predicted octanol–water partition coefficient (Wildman–Crippen LogP) is 2.95. The molecule has 7 heteroatoms. The first-order valence-electron chi connectivity index (χ1n) is 6.60. The molecule has 1 amide bonds. The summed E-state index contributed by atoms with van der Waals surface area (Å²) >= 11 is 5.72. The van der Waals surface area contributed by atoms with Crippen LogP contribution in [0.5, 0.6) is 0 Å². The lowest BCUT2D eigenvalue weighted by molar-refractivity contribution is -0.385. The van der Waals surface area contributed by atoms with E-state index in [2.05, 4.69) is 17.2 Å². The molecule has 1 aliphatic carbocycles. The van der Waals surface area contributed by atoms with Gasteiger partial charge in [0.2, 0.25) is 0 Å². The third-order valence-electron chi connectivity index (χ3n) is 3.72. The largest absolute Gasteiger partial charge is 0.349 e. The summed E-state index contributed by atoms with van der Waals surface area (Å²) in [6.07, 6.45) is 5.20. The maximum Gasteiger partial charge on any atom is 0.300 e. The van der Waals surface area contributed by atoms with Crippen LogP contribution in [0.1, 0.15) is 43.0 Å². The van der Waals surface area contributed by atoms with Gasteiger partial charge in [0.15, 0.2) is 0 Å². The van der Waals surface area contributed by atoms with Crippen molar-refractivity contribution in [2.24, 2.45) is 5.92 Å². The standard InChI is InChI=1S/C13H16ClN3O3/c1-8-4-2-3-5-10(8)16-13(18)9-6-12(14)15-7-11(9)17(19)20/h6-8,10H,2-5H2,1H3,(H,16,18). The number of halogens is 1. The fourth-order valence-corrected chi connectivity index (χ4v) is 2.68. The van der Waals surface area contributed by atoms with Crippen LogP contribution >= 0.6 is 11.6 Å². The minimum atomic E-state index is -0.622. The highest BCUT2D eigenvalue weighted by atomic mass is 35.5. The van der Waals surface area contributed by atoms with Crippen LogP contribution in [0.15, 0.2) is 12.3 Å². The Balaban J connectivity index is 2.20. The van der Waals surface area contributed by atoms with Crippen LogP contribution < -0.4 is 5.32 Å². The van der Waals surface area contributed by atoms with Crippen LogP contribution in [0.3, 0.4) is 0 Å². The third-order valence-corrected chi connectivity index (χ3v) is 3.93. The third kappa shape index (κ3) is 3.25. The van der Waals surface area contributed by atoms with E-state index in [1.807, 2.05) is 0 Å². The highest BCUT2D eigenvalue weighted by Gasteiger charge is 2.27. The molecular weight excluding hydrogens is 282 g/mol. The minimum absolute atomic E-state index is 0.0345. The van der Waals surface area contributed by atoms with E-state index in [1.54, 1.807) is 0 Å². The van der Waals surface area contributed by atoms with E-state index in [4.69, 9.17) is 11.6 Å². The van der Waals surface area contributed by atoms with Crippen molar-refractivity contribution in [3.05, 3.63) is 33.1 Å². The van der Waals surface area contributed by atoms with Gasteiger partial charge in [0, 0.05) is 6.04 Å². The maximum atomic E-state index is 12.2. The van der Waals surface area contributed by atoms with E-state index in [9.17, 15) is 14.9 Å². The summed E-state index contributed by atoms with van der Waals surface area (Å²) in [6, 6.07) is 1.30. The van der Waals surface area contributed by atoms with Crippen LogP contribution in [0.25, 0.3) is 0 Å². The molecule has 0 spiro atoms. The number of hydrogen-bond acceptors (Lipinski definition) is 4. The van der Waals surface area contributed by atoms with Crippen molar-refractivity contribution >= 4 is 23.2 Å². The zero-order valence-corrected chi connectivity index (χ0v) is 11.9. The van der Waals surface area contributed by atoms with E-state index < -0.39 is 10.8 Å². The molecule has 20 heavy (non-hydrogen) atoms. The Labute approximate surface area is 121 Å². The van der Waals surface area contributed by atoms with Crippen molar-refractivity contribution in [1.82, 2.24) is 10.3 Å². The van der Waals surface area contributed by atoms with Gasteiger partial charge in [0.25, 0.3) is 11.6 Å². The zero-order valence-electron chi connectivity index (χ0n) is 11.1. The molecule has 1 aliphatic rings. The molecule has 108 valence electrons. The number of carbonyl (C=O) groups excluding carboxylic acids is 1. The average Bonchev–Trinajstić information content (AvgIpc) is 2.40. The van der Waals surface area contributed by atoms with Gasteiger partial charge in [-0.2, -0.15) is 0 Å². The Morgan fingerprint density at radius 2 is 2.20 bits per heavy atom. The van der Waals surface area contributed by atoms with Crippen molar-refractivity contribution in [2.75, 3.05) is 0 Å². The Morgan fingerprint density at radius 3 is 2.85 bits per heavy atom. The minimum Gasteiger partial charge on any atom is -0.349 e. The normalized spacial score (nSPS) is 22.3. The number of nitrogens with zero attached hydrogens (tertiary/aromatic N) is 2. The lowest BCUT2D eigenvalue weighted by atomic mass is 9.86. The number of pyridine rings is 1. The van der Waals surface area contributed by atoms with Crippen molar-refractivity contribution in [3.63, 3.8) is 0 Å². The number of aromatic nitrogens is 1. The van der Waals surface area contributed by atoms with Crippen LogP contribution in [0, 0.1) is 16.0 Å². The first-order chi connectivity index (χ1) is 9.49. The number of nitrogens with one attached hydrogen (secondary N) is 1. The quantitative estimate of drug-likeness (QED) is 0.528. The first-order valence-corrected chi connectivity index (χ1v) is 6.97. The van der Waals surface area contributed by atoms with Gasteiger partial charge in [-0.15, -0.1) is 0 Å². The fourth-order valence-electron chi connectivity index (χ4n) is 2.53. The number of hydrogen-bond donors (Lipinski definition) is 1. The van der Waals surface area contributed by atoms with Crippen molar-refractivity contribution < 1.29 is 9.72 Å². The molecule has 0 bridgehead atoms. The monoisotopic (exact) mass is 297 g/mol. The molecule has 1 heterocycles. The summed E-state index contributed by atoms with van der Waals surface area (Å²) in [6.45, 7) is 2.08. The Hall–Kier alpha value is -1.69. The van der Waals surface area contributed by atoms with E-state index in [-0.39, 0.29) is 22.4 Å². The highest BCUT2D eigenvalue weighted by molar-refractivity contribution is 6.29. The molecule has 6 nitrogen and oxygen atoms in total. The van der Waals surface area contributed by atoms with Crippen molar-refractivity contribution in [1.29, 1.82) is 0 Å². The molecule has 1 aromatic heterocycles. The number of nitro groups is 1. The van der Waals surface area contributed by atoms with Gasteiger partial charge >= 0.3 is 0 Å². The summed E-state index contributed by atoms with van der Waals surface area (Å²) in [5.41, 5.74) is -0.358. The van der Waals surface area contributed by atoms with E-state index in [0.29, 0.717) is 5.92 Å². The summed E-state index contributed by atoms with van der Waals surface area (Å²) < 4.78 is 0. The highest BCUT2D eigenvalue weighted by Crippen LogP contribution is 2.25.